The van der Waals surface area contributed by atoms with Gasteiger partial charge in [0.15, 0.2) is 0 Å². The molecule has 1 unspecified atom stereocenters. The smallest absolute Gasteiger partial charge is 0.323 e. The van der Waals surface area contributed by atoms with Crippen LogP contribution in [-0.4, -0.2) is 41.0 Å². The number of nitrogens with zero attached hydrogens (tertiary/aromatic N) is 1. The Morgan fingerprint density at radius 2 is 2.06 bits per heavy atom. The van der Waals surface area contributed by atoms with E-state index in [1.54, 1.807) is 0 Å². The summed E-state index contributed by atoms with van der Waals surface area (Å²) in [6, 6.07) is -0.0531. The van der Waals surface area contributed by atoms with Crippen LogP contribution in [0.2, 0.25) is 0 Å². The standard InChI is InChI=1S/C12H22N2O3/c1-3-9(2)14(7-10(15)16)11(17)12(8-13)5-4-6-12/h9H,3-8,13H2,1-2H3,(H,15,16). The third kappa shape index (κ3) is 2.77. The van der Waals surface area contributed by atoms with Crippen LogP contribution in [0.15, 0.2) is 0 Å². The Labute approximate surface area is 102 Å². The van der Waals surface area contributed by atoms with Crippen molar-refractivity contribution in [2.24, 2.45) is 11.1 Å². The van der Waals surface area contributed by atoms with Gasteiger partial charge in [0, 0.05) is 12.6 Å². The highest BCUT2D eigenvalue weighted by Gasteiger charge is 2.46. The monoisotopic (exact) mass is 242 g/mol. The van der Waals surface area contributed by atoms with Crippen LogP contribution >= 0.6 is 0 Å². The van der Waals surface area contributed by atoms with Gasteiger partial charge in [-0.3, -0.25) is 9.59 Å². The summed E-state index contributed by atoms with van der Waals surface area (Å²) in [5.41, 5.74) is 5.20. The van der Waals surface area contributed by atoms with Crippen molar-refractivity contribution >= 4 is 11.9 Å². The third-order valence-corrected chi connectivity index (χ3v) is 3.84. The number of nitrogens with two attached hydrogens (primary N) is 1. The van der Waals surface area contributed by atoms with Gasteiger partial charge >= 0.3 is 5.97 Å². The highest BCUT2D eigenvalue weighted by molar-refractivity contribution is 5.87. The van der Waals surface area contributed by atoms with Crippen molar-refractivity contribution in [1.82, 2.24) is 4.90 Å². The molecule has 1 amide bonds. The first kappa shape index (κ1) is 14.0. The molecular weight excluding hydrogens is 220 g/mol. The lowest BCUT2D eigenvalue weighted by atomic mass is 9.67. The second kappa shape index (κ2) is 5.49. The summed E-state index contributed by atoms with van der Waals surface area (Å²) in [6.07, 6.45) is 3.33. The van der Waals surface area contributed by atoms with E-state index >= 15 is 0 Å². The second-order valence-corrected chi connectivity index (χ2v) is 4.92. The Bertz CT molecular complexity index is 295. The Hall–Kier alpha value is -1.10. The molecule has 1 rings (SSSR count). The topological polar surface area (TPSA) is 83.6 Å². The normalized spacial score (nSPS) is 19.2. The molecule has 98 valence electrons. The first-order chi connectivity index (χ1) is 7.96. The van der Waals surface area contributed by atoms with Crippen LogP contribution in [-0.2, 0) is 9.59 Å². The fraction of sp³-hybridized carbons (Fsp3) is 0.833. The molecule has 0 bridgehead atoms. The molecule has 0 radical (unpaired) electrons. The number of amides is 1. The zero-order valence-corrected chi connectivity index (χ0v) is 10.6. The van der Waals surface area contributed by atoms with Gasteiger partial charge in [0.05, 0.1) is 5.41 Å². The molecule has 0 aromatic carbocycles. The van der Waals surface area contributed by atoms with Gasteiger partial charge in [0.2, 0.25) is 5.91 Å². The lowest BCUT2D eigenvalue weighted by molar-refractivity contribution is -0.155. The van der Waals surface area contributed by atoms with E-state index in [9.17, 15) is 9.59 Å². The molecule has 5 nitrogen and oxygen atoms in total. The fourth-order valence-electron chi connectivity index (χ4n) is 2.21. The molecule has 1 atom stereocenters. The first-order valence-electron chi connectivity index (χ1n) is 6.20. The van der Waals surface area contributed by atoms with Crippen molar-refractivity contribution < 1.29 is 14.7 Å². The first-order valence-corrected chi connectivity index (χ1v) is 6.20. The molecule has 1 aliphatic carbocycles. The van der Waals surface area contributed by atoms with E-state index in [0.29, 0.717) is 6.54 Å². The minimum absolute atomic E-state index is 0.0531. The predicted octanol–water partition coefficient (Wildman–Crippen LogP) is 0.827. The van der Waals surface area contributed by atoms with Crippen molar-refractivity contribution in [3.8, 4) is 0 Å². The summed E-state index contributed by atoms with van der Waals surface area (Å²) < 4.78 is 0. The maximum atomic E-state index is 12.4. The van der Waals surface area contributed by atoms with E-state index in [1.165, 1.54) is 4.90 Å². The summed E-state index contributed by atoms with van der Waals surface area (Å²) in [4.78, 5) is 24.7. The van der Waals surface area contributed by atoms with Crippen LogP contribution in [0.5, 0.6) is 0 Å². The number of hydrogen-bond acceptors (Lipinski definition) is 3. The molecule has 5 heteroatoms. The van der Waals surface area contributed by atoms with Gasteiger partial charge in [-0.1, -0.05) is 13.3 Å². The maximum absolute atomic E-state index is 12.4. The Balaban J connectivity index is 2.81. The van der Waals surface area contributed by atoms with Crippen LogP contribution in [0.1, 0.15) is 39.5 Å². The van der Waals surface area contributed by atoms with Gasteiger partial charge < -0.3 is 15.7 Å². The highest BCUT2D eigenvalue weighted by Crippen LogP contribution is 2.41. The van der Waals surface area contributed by atoms with E-state index in [2.05, 4.69) is 0 Å². The van der Waals surface area contributed by atoms with Crippen LogP contribution in [0.3, 0.4) is 0 Å². The van der Waals surface area contributed by atoms with Crippen molar-refractivity contribution in [3.05, 3.63) is 0 Å². The minimum Gasteiger partial charge on any atom is -0.480 e. The lowest BCUT2D eigenvalue weighted by Gasteiger charge is -2.44. The van der Waals surface area contributed by atoms with Gasteiger partial charge in [-0.15, -0.1) is 0 Å². The Morgan fingerprint density at radius 1 is 1.47 bits per heavy atom. The number of carbonyl (C=O) groups excluding carboxylic acids is 1. The van der Waals surface area contributed by atoms with Gasteiger partial charge in [0.25, 0.3) is 0 Å². The maximum Gasteiger partial charge on any atom is 0.323 e. The van der Waals surface area contributed by atoms with E-state index in [0.717, 1.165) is 25.7 Å². The molecule has 0 aliphatic heterocycles. The quantitative estimate of drug-likeness (QED) is 0.722. The molecule has 17 heavy (non-hydrogen) atoms. The highest BCUT2D eigenvalue weighted by atomic mass is 16.4. The molecule has 0 aromatic rings. The molecular formula is C12H22N2O3. The van der Waals surface area contributed by atoms with Gasteiger partial charge in [-0.05, 0) is 26.2 Å². The number of carboxylic acid groups (broad SMARTS) is 1. The summed E-state index contributed by atoms with van der Waals surface area (Å²) in [5, 5.41) is 8.88. The van der Waals surface area contributed by atoms with Crippen LogP contribution in [0.4, 0.5) is 0 Å². The zero-order chi connectivity index (χ0) is 13.1. The van der Waals surface area contributed by atoms with Crippen LogP contribution in [0, 0.1) is 5.41 Å². The number of carboxylic acids is 1. The molecule has 1 aliphatic rings. The summed E-state index contributed by atoms with van der Waals surface area (Å²) in [6.45, 7) is 3.92. The Kier molecular flexibility index (Phi) is 4.51. The fourth-order valence-corrected chi connectivity index (χ4v) is 2.21. The lowest BCUT2D eigenvalue weighted by Crippen LogP contribution is -2.55. The zero-order valence-electron chi connectivity index (χ0n) is 10.6. The third-order valence-electron chi connectivity index (χ3n) is 3.84. The number of aliphatic carboxylic acids is 1. The number of hydrogen-bond donors (Lipinski definition) is 2. The largest absolute Gasteiger partial charge is 0.480 e. The van der Waals surface area contributed by atoms with Gasteiger partial charge in [-0.2, -0.15) is 0 Å². The minimum atomic E-state index is -0.967. The van der Waals surface area contributed by atoms with Gasteiger partial charge in [-0.25, -0.2) is 0 Å². The molecule has 0 spiro atoms. The molecule has 0 saturated heterocycles. The average Bonchev–Trinajstić information content (AvgIpc) is 2.23. The molecule has 3 N–H and O–H groups in total. The van der Waals surface area contributed by atoms with Crippen LogP contribution in [0.25, 0.3) is 0 Å². The predicted molar refractivity (Wildman–Crippen MR) is 64.4 cm³/mol. The van der Waals surface area contributed by atoms with Crippen molar-refractivity contribution in [2.45, 2.75) is 45.6 Å². The SMILES string of the molecule is CCC(C)N(CC(=O)O)C(=O)C1(CN)CCC1. The van der Waals surface area contributed by atoms with E-state index in [4.69, 9.17) is 10.8 Å². The molecule has 1 saturated carbocycles. The van der Waals surface area contributed by atoms with Crippen molar-refractivity contribution in [3.63, 3.8) is 0 Å². The van der Waals surface area contributed by atoms with Gasteiger partial charge in [0.1, 0.15) is 6.54 Å². The molecule has 0 aromatic heterocycles. The van der Waals surface area contributed by atoms with E-state index in [-0.39, 0.29) is 18.5 Å². The van der Waals surface area contributed by atoms with E-state index < -0.39 is 11.4 Å². The number of carbonyl (C=O) groups is 2. The summed E-state index contributed by atoms with van der Waals surface area (Å²) in [7, 11) is 0. The Morgan fingerprint density at radius 3 is 2.35 bits per heavy atom. The van der Waals surface area contributed by atoms with Crippen molar-refractivity contribution in [2.75, 3.05) is 13.1 Å². The molecule has 1 fully saturated rings. The molecule has 0 heterocycles. The van der Waals surface area contributed by atoms with E-state index in [1.807, 2.05) is 13.8 Å². The summed E-state index contributed by atoms with van der Waals surface area (Å²) >= 11 is 0. The summed E-state index contributed by atoms with van der Waals surface area (Å²) in [5.74, 6) is -1.05. The van der Waals surface area contributed by atoms with Crippen molar-refractivity contribution in [1.29, 1.82) is 0 Å². The van der Waals surface area contributed by atoms with Crippen LogP contribution < -0.4 is 5.73 Å². The average molecular weight is 242 g/mol. The second-order valence-electron chi connectivity index (χ2n) is 4.92. The number of rotatable bonds is 6.